The number of aryl methyl sites for hydroxylation is 1. The highest BCUT2D eigenvalue weighted by Crippen LogP contribution is 2.38. The van der Waals surface area contributed by atoms with Crippen molar-refractivity contribution in [3.05, 3.63) is 77.8 Å². The summed E-state index contributed by atoms with van der Waals surface area (Å²) < 4.78 is 98.6. The summed E-state index contributed by atoms with van der Waals surface area (Å²) in [4.78, 5) is 17.7. The fourth-order valence-electron chi connectivity index (χ4n) is 4.60. The molecule has 1 atom stereocenters. The first-order valence-corrected chi connectivity index (χ1v) is 11.6. The third kappa shape index (κ3) is 5.22. The van der Waals surface area contributed by atoms with Crippen LogP contribution < -0.4 is 4.90 Å². The Hall–Kier alpha value is -4.23. The zero-order valence-corrected chi connectivity index (χ0v) is 20.1. The van der Waals surface area contributed by atoms with E-state index < -0.39 is 42.2 Å². The minimum Gasteiger partial charge on any atom is -0.305 e. The maximum Gasteiger partial charge on any atom is 0.418 e. The molecule has 3 heterocycles. The number of rotatable bonds is 4. The Kier molecular flexibility index (Phi) is 6.43. The molecule has 204 valence electrons. The Morgan fingerprint density at radius 3 is 2.46 bits per heavy atom. The van der Waals surface area contributed by atoms with Crippen molar-refractivity contribution in [2.24, 2.45) is 0 Å². The van der Waals surface area contributed by atoms with Crippen LogP contribution in [0, 0.1) is 12.7 Å². The molecule has 2 aromatic heterocycles. The maximum atomic E-state index is 14.5. The standard InChI is InChI=1S/C25H19F7N6O/c1-14-10-36(13-33-14)21-7-5-15(9-17(21)25(30,31)32)19-11-38(35-34-19)22-8-6-16-18(26)3-2-4-20(16)37(23(22)39)12-24(27,28)29/h2-5,7,9-11,13,22H,6,8,12H2,1H3. The first-order valence-electron chi connectivity index (χ1n) is 11.6. The van der Waals surface area contributed by atoms with Gasteiger partial charge in [0, 0.05) is 17.3 Å². The summed E-state index contributed by atoms with van der Waals surface area (Å²) in [6, 6.07) is 5.73. The highest BCUT2D eigenvalue weighted by atomic mass is 19.4. The molecule has 4 aromatic rings. The summed E-state index contributed by atoms with van der Waals surface area (Å²) in [6.45, 7) is -0.0154. The number of amides is 1. The van der Waals surface area contributed by atoms with Crippen molar-refractivity contribution in [2.45, 2.75) is 38.2 Å². The van der Waals surface area contributed by atoms with Gasteiger partial charge in [-0.2, -0.15) is 26.3 Å². The Morgan fingerprint density at radius 2 is 1.79 bits per heavy atom. The van der Waals surface area contributed by atoms with Gasteiger partial charge in [0.05, 0.1) is 35.2 Å². The molecule has 39 heavy (non-hydrogen) atoms. The SMILES string of the molecule is Cc1cn(-c2ccc(-c3cn(C4CCc5c(F)cccc5N(CC(F)(F)F)C4=O)nn3)cc2C(F)(F)F)cn1. The lowest BCUT2D eigenvalue weighted by Gasteiger charge is -2.26. The molecule has 5 rings (SSSR count). The van der Waals surface area contributed by atoms with Gasteiger partial charge in [-0.15, -0.1) is 5.10 Å². The third-order valence-corrected chi connectivity index (χ3v) is 6.36. The quantitative estimate of drug-likeness (QED) is 0.306. The number of imidazole rings is 1. The van der Waals surface area contributed by atoms with Crippen LogP contribution in [0.4, 0.5) is 36.4 Å². The molecule has 0 aliphatic carbocycles. The second-order valence-electron chi connectivity index (χ2n) is 9.07. The fraction of sp³-hybridized carbons (Fsp3) is 0.280. The Labute approximate surface area is 216 Å². The molecule has 1 aliphatic rings. The number of hydrogen-bond acceptors (Lipinski definition) is 4. The zero-order chi connectivity index (χ0) is 28.1. The van der Waals surface area contributed by atoms with Crippen molar-refractivity contribution in [1.82, 2.24) is 24.5 Å². The van der Waals surface area contributed by atoms with E-state index in [9.17, 15) is 35.5 Å². The van der Waals surface area contributed by atoms with E-state index in [0.717, 1.165) is 16.8 Å². The molecule has 1 unspecified atom stereocenters. The number of aromatic nitrogens is 5. The van der Waals surface area contributed by atoms with Gasteiger partial charge < -0.3 is 9.47 Å². The number of hydrogen-bond donors (Lipinski definition) is 0. The predicted molar refractivity (Wildman–Crippen MR) is 124 cm³/mol. The molecular formula is C25H19F7N6O. The van der Waals surface area contributed by atoms with Crippen LogP contribution in [0.5, 0.6) is 0 Å². The predicted octanol–water partition coefficient (Wildman–Crippen LogP) is 5.68. The third-order valence-electron chi connectivity index (χ3n) is 6.36. The van der Waals surface area contributed by atoms with Gasteiger partial charge in [0.25, 0.3) is 5.91 Å². The largest absolute Gasteiger partial charge is 0.418 e. The lowest BCUT2D eigenvalue weighted by atomic mass is 10.0. The molecule has 7 nitrogen and oxygen atoms in total. The van der Waals surface area contributed by atoms with Crippen LogP contribution in [-0.2, 0) is 17.4 Å². The lowest BCUT2D eigenvalue weighted by molar-refractivity contribution is -0.137. The summed E-state index contributed by atoms with van der Waals surface area (Å²) in [5, 5.41) is 7.73. The molecule has 0 N–H and O–H groups in total. The van der Waals surface area contributed by atoms with Crippen LogP contribution in [0.1, 0.15) is 29.3 Å². The second kappa shape index (κ2) is 9.50. The van der Waals surface area contributed by atoms with Crippen molar-refractivity contribution in [3.63, 3.8) is 0 Å². The monoisotopic (exact) mass is 552 g/mol. The number of nitrogens with zero attached hydrogens (tertiary/aromatic N) is 6. The van der Waals surface area contributed by atoms with Gasteiger partial charge in [-0.1, -0.05) is 17.3 Å². The first-order chi connectivity index (χ1) is 18.3. The second-order valence-corrected chi connectivity index (χ2v) is 9.07. The van der Waals surface area contributed by atoms with Gasteiger partial charge in [-0.25, -0.2) is 14.1 Å². The molecule has 0 radical (unpaired) electrons. The summed E-state index contributed by atoms with van der Waals surface area (Å²) in [5.74, 6) is -1.74. The van der Waals surface area contributed by atoms with E-state index in [2.05, 4.69) is 15.3 Å². The van der Waals surface area contributed by atoms with E-state index in [1.807, 2.05) is 0 Å². The Morgan fingerprint density at radius 1 is 1.03 bits per heavy atom. The Bertz CT molecular complexity index is 1540. The van der Waals surface area contributed by atoms with Crippen LogP contribution in [0.25, 0.3) is 16.9 Å². The smallest absolute Gasteiger partial charge is 0.305 e. The van der Waals surface area contributed by atoms with Crippen molar-refractivity contribution in [1.29, 1.82) is 0 Å². The summed E-state index contributed by atoms with van der Waals surface area (Å²) in [6.07, 6.45) is -5.80. The molecule has 0 fully saturated rings. The number of carbonyl (C=O) groups is 1. The average Bonchev–Trinajstić information content (AvgIpc) is 3.49. The van der Waals surface area contributed by atoms with Crippen molar-refractivity contribution in [2.75, 3.05) is 11.4 Å². The van der Waals surface area contributed by atoms with Gasteiger partial charge in [-0.3, -0.25) is 4.79 Å². The molecule has 1 aliphatic heterocycles. The van der Waals surface area contributed by atoms with Gasteiger partial charge in [0.1, 0.15) is 24.1 Å². The minimum absolute atomic E-state index is 0.0247. The first kappa shape index (κ1) is 26.4. The van der Waals surface area contributed by atoms with Gasteiger partial charge >= 0.3 is 12.4 Å². The van der Waals surface area contributed by atoms with Gasteiger partial charge in [0.15, 0.2) is 0 Å². The molecule has 14 heteroatoms. The molecule has 0 spiro atoms. The van der Waals surface area contributed by atoms with E-state index in [1.165, 1.54) is 47.6 Å². The summed E-state index contributed by atoms with van der Waals surface area (Å²) >= 11 is 0. The average molecular weight is 552 g/mol. The summed E-state index contributed by atoms with van der Waals surface area (Å²) in [7, 11) is 0. The number of carbonyl (C=O) groups excluding carboxylic acids is 1. The van der Waals surface area contributed by atoms with Gasteiger partial charge in [-0.05, 0) is 44.0 Å². The number of fused-ring (bicyclic) bond motifs is 1. The zero-order valence-electron chi connectivity index (χ0n) is 20.1. The molecule has 0 saturated heterocycles. The number of halogens is 7. The van der Waals surface area contributed by atoms with Crippen molar-refractivity contribution < 1.29 is 35.5 Å². The van der Waals surface area contributed by atoms with E-state index in [0.29, 0.717) is 10.6 Å². The van der Waals surface area contributed by atoms with E-state index in [1.54, 1.807) is 6.92 Å². The highest BCUT2D eigenvalue weighted by Gasteiger charge is 2.40. The highest BCUT2D eigenvalue weighted by molar-refractivity contribution is 5.97. The molecular weight excluding hydrogens is 533 g/mol. The number of anilines is 1. The fourth-order valence-corrected chi connectivity index (χ4v) is 4.60. The summed E-state index contributed by atoms with van der Waals surface area (Å²) in [5.41, 5.74) is -0.863. The van der Waals surface area contributed by atoms with E-state index in [-0.39, 0.29) is 41.0 Å². The van der Waals surface area contributed by atoms with Gasteiger partial charge in [0.2, 0.25) is 0 Å². The van der Waals surface area contributed by atoms with Crippen molar-refractivity contribution >= 4 is 11.6 Å². The number of alkyl halides is 6. The molecule has 0 bridgehead atoms. The van der Waals surface area contributed by atoms with Crippen LogP contribution in [-0.4, -0.2) is 43.2 Å². The topological polar surface area (TPSA) is 68.8 Å². The van der Waals surface area contributed by atoms with Crippen LogP contribution in [0.2, 0.25) is 0 Å². The minimum atomic E-state index is -4.77. The Balaban J connectivity index is 1.51. The molecule has 2 aromatic carbocycles. The van der Waals surface area contributed by atoms with Crippen LogP contribution in [0.15, 0.2) is 55.1 Å². The van der Waals surface area contributed by atoms with Crippen LogP contribution >= 0.6 is 0 Å². The number of benzene rings is 2. The van der Waals surface area contributed by atoms with E-state index in [4.69, 9.17) is 0 Å². The van der Waals surface area contributed by atoms with E-state index >= 15 is 0 Å². The molecule has 0 saturated carbocycles. The maximum absolute atomic E-state index is 14.5. The van der Waals surface area contributed by atoms with Crippen molar-refractivity contribution in [3.8, 4) is 16.9 Å². The lowest BCUT2D eigenvalue weighted by Crippen LogP contribution is -2.42. The van der Waals surface area contributed by atoms with Crippen LogP contribution in [0.3, 0.4) is 0 Å². The molecule has 1 amide bonds. The normalized spacial score (nSPS) is 16.4.